The van der Waals surface area contributed by atoms with Crippen LogP contribution < -0.4 is 5.32 Å². The van der Waals surface area contributed by atoms with E-state index in [9.17, 15) is 22.8 Å². The van der Waals surface area contributed by atoms with Crippen LogP contribution in [0.4, 0.5) is 18.9 Å². The van der Waals surface area contributed by atoms with Gasteiger partial charge in [0, 0.05) is 5.69 Å². The number of amides is 1. The number of nitrogens with zero attached hydrogens (tertiary/aromatic N) is 1. The van der Waals surface area contributed by atoms with E-state index in [2.05, 4.69) is 15.0 Å². The second-order valence-corrected chi connectivity index (χ2v) is 4.75. The van der Waals surface area contributed by atoms with Gasteiger partial charge in [-0.2, -0.15) is 13.2 Å². The van der Waals surface area contributed by atoms with Crippen LogP contribution in [0.3, 0.4) is 0 Å². The van der Waals surface area contributed by atoms with Crippen LogP contribution in [0.25, 0.3) is 0 Å². The van der Waals surface area contributed by atoms with Crippen molar-refractivity contribution in [3.05, 3.63) is 46.3 Å². The van der Waals surface area contributed by atoms with Crippen molar-refractivity contribution < 1.29 is 32.4 Å². The number of anilines is 1. The van der Waals surface area contributed by atoms with Gasteiger partial charge in [-0.1, -0.05) is 5.16 Å². The first-order chi connectivity index (χ1) is 10.6. The summed E-state index contributed by atoms with van der Waals surface area (Å²) in [5, 5.41) is 14.5. The van der Waals surface area contributed by atoms with E-state index in [1.165, 1.54) is 13.8 Å². The Morgan fingerprint density at radius 1 is 1.26 bits per heavy atom. The van der Waals surface area contributed by atoms with Gasteiger partial charge in [-0.3, -0.25) is 4.79 Å². The molecule has 23 heavy (non-hydrogen) atoms. The molecule has 0 saturated carbocycles. The molecule has 0 atom stereocenters. The number of halogens is 3. The maximum atomic E-state index is 12.7. The Hall–Kier alpha value is -2.84. The first kappa shape index (κ1) is 16.5. The van der Waals surface area contributed by atoms with Crippen molar-refractivity contribution in [3.8, 4) is 0 Å². The Morgan fingerprint density at radius 3 is 2.43 bits per heavy atom. The van der Waals surface area contributed by atoms with Gasteiger partial charge in [0.25, 0.3) is 5.91 Å². The first-order valence-corrected chi connectivity index (χ1v) is 6.30. The Morgan fingerprint density at radius 2 is 1.91 bits per heavy atom. The largest absolute Gasteiger partial charge is 0.476 e. The lowest BCUT2D eigenvalue weighted by molar-refractivity contribution is -0.138. The SMILES string of the molecule is Cc1cc(NC(=O)c2c(C(=O)O)noc2C)ccc1C(F)(F)F. The molecule has 1 heterocycles. The number of aromatic carboxylic acids is 1. The van der Waals surface area contributed by atoms with Crippen LogP contribution in [0.2, 0.25) is 0 Å². The van der Waals surface area contributed by atoms with Crippen molar-refractivity contribution in [1.82, 2.24) is 5.16 Å². The standard InChI is InChI=1S/C14H11F3N2O4/c1-6-5-8(3-4-9(6)14(15,16)17)18-12(20)10-7(2)23-19-11(10)13(21)22/h3-5H,1-2H3,(H,18,20)(H,21,22). The maximum absolute atomic E-state index is 12.7. The van der Waals surface area contributed by atoms with E-state index in [0.717, 1.165) is 18.2 Å². The summed E-state index contributed by atoms with van der Waals surface area (Å²) in [6.07, 6.45) is -4.49. The number of hydrogen-bond acceptors (Lipinski definition) is 4. The summed E-state index contributed by atoms with van der Waals surface area (Å²) in [7, 11) is 0. The second kappa shape index (κ2) is 5.75. The van der Waals surface area contributed by atoms with E-state index >= 15 is 0 Å². The third-order valence-electron chi connectivity index (χ3n) is 3.08. The Balaban J connectivity index is 2.30. The molecule has 1 aromatic heterocycles. The lowest BCUT2D eigenvalue weighted by Gasteiger charge is -2.12. The molecule has 0 bridgehead atoms. The van der Waals surface area contributed by atoms with Crippen LogP contribution in [0, 0.1) is 13.8 Å². The zero-order valence-corrected chi connectivity index (χ0v) is 12.0. The molecule has 2 aromatic rings. The molecule has 122 valence electrons. The fourth-order valence-electron chi connectivity index (χ4n) is 2.04. The van der Waals surface area contributed by atoms with Crippen molar-refractivity contribution >= 4 is 17.6 Å². The summed E-state index contributed by atoms with van der Waals surface area (Å²) < 4.78 is 42.7. The average Bonchev–Trinajstić information content (AvgIpc) is 2.79. The highest BCUT2D eigenvalue weighted by Gasteiger charge is 2.32. The molecule has 9 heteroatoms. The van der Waals surface area contributed by atoms with E-state index in [4.69, 9.17) is 5.11 Å². The number of carbonyl (C=O) groups is 2. The van der Waals surface area contributed by atoms with Gasteiger partial charge in [0.1, 0.15) is 11.3 Å². The summed E-state index contributed by atoms with van der Waals surface area (Å²) >= 11 is 0. The summed E-state index contributed by atoms with van der Waals surface area (Å²) in [4.78, 5) is 23.1. The van der Waals surface area contributed by atoms with Gasteiger partial charge in [-0.15, -0.1) is 0 Å². The van der Waals surface area contributed by atoms with Crippen molar-refractivity contribution in [2.24, 2.45) is 0 Å². The molecule has 0 spiro atoms. The number of aromatic nitrogens is 1. The quantitative estimate of drug-likeness (QED) is 0.902. The number of benzene rings is 1. The predicted octanol–water partition coefficient (Wildman–Crippen LogP) is 3.26. The highest BCUT2D eigenvalue weighted by atomic mass is 19.4. The van der Waals surface area contributed by atoms with Gasteiger partial charge < -0.3 is 14.9 Å². The summed E-state index contributed by atoms with van der Waals surface area (Å²) in [5.74, 6) is -2.29. The third kappa shape index (κ3) is 3.33. The molecule has 0 aliphatic rings. The molecule has 0 aliphatic carbocycles. The number of hydrogen-bond donors (Lipinski definition) is 2. The fourth-order valence-corrected chi connectivity index (χ4v) is 2.04. The highest BCUT2D eigenvalue weighted by molar-refractivity contribution is 6.10. The summed E-state index contributed by atoms with van der Waals surface area (Å²) in [6.45, 7) is 2.61. The Kier molecular flexibility index (Phi) is 4.13. The summed E-state index contributed by atoms with van der Waals surface area (Å²) in [5.41, 5.74) is -1.64. The summed E-state index contributed by atoms with van der Waals surface area (Å²) in [6, 6.07) is 3.06. The number of aryl methyl sites for hydroxylation is 2. The molecule has 0 fully saturated rings. The van der Waals surface area contributed by atoms with E-state index in [1.807, 2.05) is 0 Å². The molecular formula is C14H11F3N2O4. The van der Waals surface area contributed by atoms with E-state index in [1.54, 1.807) is 0 Å². The molecule has 2 N–H and O–H groups in total. The van der Waals surface area contributed by atoms with Crippen molar-refractivity contribution in [2.45, 2.75) is 20.0 Å². The fraction of sp³-hybridized carbons (Fsp3) is 0.214. The number of alkyl halides is 3. The molecular weight excluding hydrogens is 317 g/mol. The van der Waals surface area contributed by atoms with Gasteiger partial charge >= 0.3 is 12.1 Å². The van der Waals surface area contributed by atoms with Gasteiger partial charge in [0.15, 0.2) is 0 Å². The number of carboxylic acids is 1. The molecule has 2 rings (SSSR count). The van der Waals surface area contributed by atoms with Crippen LogP contribution in [0.15, 0.2) is 22.7 Å². The highest BCUT2D eigenvalue weighted by Crippen LogP contribution is 2.33. The lowest BCUT2D eigenvalue weighted by Crippen LogP contribution is -2.17. The maximum Gasteiger partial charge on any atom is 0.416 e. The monoisotopic (exact) mass is 328 g/mol. The second-order valence-electron chi connectivity index (χ2n) is 4.75. The molecule has 6 nitrogen and oxygen atoms in total. The van der Waals surface area contributed by atoms with Crippen molar-refractivity contribution in [1.29, 1.82) is 0 Å². The molecule has 0 radical (unpaired) electrons. The van der Waals surface area contributed by atoms with Gasteiger partial charge in [-0.05, 0) is 37.6 Å². The van der Waals surface area contributed by atoms with Gasteiger partial charge in [-0.25, -0.2) is 4.79 Å². The molecule has 0 saturated heterocycles. The van der Waals surface area contributed by atoms with Crippen molar-refractivity contribution in [3.63, 3.8) is 0 Å². The Bertz CT molecular complexity index is 781. The zero-order chi connectivity index (χ0) is 17.4. The molecule has 1 aromatic carbocycles. The Labute approximate surface area is 127 Å². The first-order valence-electron chi connectivity index (χ1n) is 6.30. The topological polar surface area (TPSA) is 92.4 Å². The van der Waals surface area contributed by atoms with E-state index in [-0.39, 0.29) is 22.6 Å². The van der Waals surface area contributed by atoms with Crippen LogP contribution >= 0.6 is 0 Å². The average molecular weight is 328 g/mol. The van der Waals surface area contributed by atoms with E-state index in [0.29, 0.717) is 0 Å². The number of rotatable bonds is 3. The normalized spacial score (nSPS) is 11.3. The number of carbonyl (C=O) groups excluding carboxylic acids is 1. The minimum atomic E-state index is -4.49. The van der Waals surface area contributed by atoms with Gasteiger partial charge in [0.2, 0.25) is 5.69 Å². The van der Waals surface area contributed by atoms with Crippen LogP contribution in [-0.2, 0) is 6.18 Å². The number of nitrogens with one attached hydrogen (secondary N) is 1. The lowest BCUT2D eigenvalue weighted by atomic mass is 10.1. The minimum Gasteiger partial charge on any atom is -0.476 e. The van der Waals surface area contributed by atoms with Crippen LogP contribution in [0.1, 0.15) is 37.7 Å². The van der Waals surface area contributed by atoms with Crippen molar-refractivity contribution in [2.75, 3.05) is 5.32 Å². The zero-order valence-electron chi connectivity index (χ0n) is 12.0. The van der Waals surface area contributed by atoms with E-state index < -0.39 is 29.3 Å². The molecule has 0 aliphatic heterocycles. The number of carboxylic acid groups (broad SMARTS) is 1. The predicted molar refractivity (Wildman–Crippen MR) is 72.3 cm³/mol. The molecule has 0 unspecified atom stereocenters. The minimum absolute atomic E-state index is 0.0106. The third-order valence-corrected chi connectivity index (χ3v) is 3.08. The molecule has 1 amide bonds. The smallest absolute Gasteiger partial charge is 0.416 e. The van der Waals surface area contributed by atoms with Crippen LogP contribution in [-0.4, -0.2) is 22.1 Å². The van der Waals surface area contributed by atoms with Crippen LogP contribution in [0.5, 0.6) is 0 Å². The van der Waals surface area contributed by atoms with Gasteiger partial charge in [0.05, 0.1) is 5.56 Å².